The summed E-state index contributed by atoms with van der Waals surface area (Å²) in [7, 11) is 0. The Morgan fingerprint density at radius 3 is 1.36 bits per heavy atom. The maximum absolute atomic E-state index is 7.25. The number of fused-ring (bicyclic) bond motifs is 16. The average molecular weight is 916 g/mol. The first-order valence-corrected chi connectivity index (χ1v) is 25.0. The maximum Gasteiger partial charge on any atom is 0.140 e. The van der Waals surface area contributed by atoms with Crippen molar-refractivity contribution in [2.45, 2.75) is 10.8 Å². The van der Waals surface area contributed by atoms with Gasteiger partial charge in [0, 0.05) is 33.3 Å². The Bertz CT molecular complexity index is 4000. The van der Waals surface area contributed by atoms with E-state index in [-0.39, 0.29) is 0 Å². The molecule has 0 N–H and O–H groups in total. The Morgan fingerprint density at radius 1 is 0.278 bits per heavy atom. The SMILES string of the molecule is c1ccc(N(c2ccc(-c3cccc4c3-c3ccccc3C43c4ccc5ccccc5c4Oc4c3ccc3ccccc43)cc2)c2ccccc2C2(c3ccccc3)c3ccccc3-c3ccccc32)cc1. The van der Waals surface area contributed by atoms with E-state index >= 15 is 0 Å². The van der Waals surface area contributed by atoms with Crippen molar-refractivity contribution in [1.82, 2.24) is 0 Å². The molecule has 0 saturated carbocycles. The molecule has 0 amide bonds. The van der Waals surface area contributed by atoms with Crippen LogP contribution in [0.4, 0.5) is 17.1 Å². The van der Waals surface area contributed by atoms with E-state index < -0.39 is 10.8 Å². The summed E-state index contributed by atoms with van der Waals surface area (Å²) < 4.78 is 7.25. The van der Waals surface area contributed by atoms with Crippen LogP contribution >= 0.6 is 0 Å². The minimum atomic E-state index is -0.626. The lowest BCUT2D eigenvalue weighted by molar-refractivity contribution is 0.447. The van der Waals surface area contributed by atoms with Gasteiger partial charge >= 0.3 is 0 Å². The number of para-hydroxylation sites is 2. The number of anilines is 3. The Hall–Kier alpha value is -9.24. The zero-order valence-electron chi connectivity index (χ0n) is 39.3. The van der Waals surface area contributed by atoms with Crippen LogP contribution in [0.25, 0.3) is 54.9 Å². The number of hydrogen-bond acceptors (Lipinski definition) is 2. The number of hydrogen-bond donors (Lipinski definition) is 0. The highest BCUT2D eigenvalue weighted by Gasteiger charge is 2.53. The average Bonchev–Trinajstić information content (AvgIpc) is 3.92. The van der Waals surface area contributed by atoms with Gasteiger partial charge in [0.05, 0.1) is 16.5 Å². The van der Waals surface area contributed by atoms with Gasteiger partial charge in [-0.2, -0.15) is 0 Å². The minimum absolute atomic E-state index is 0.577. The fraction of sp³-hybridized carbons (Fsp3) is 0.0286. The highest BCUT2D eigenvalue weighted by Crippen LogP contribution is 2.65. The van der Waals surface area contributed by atoms with Crippen molar-refractivity contribution in [3.05, 3.63) is 317 Å². The molecule has 3 aliphatic rings. The molecule has 15 rings (SSSR count). The molecule has 0 bridgehead atoms. The molecular formula is C70H45NO. The highest BCUT2D eigenvalue weighted by molar-refractivity contribution is 6.02. The van der Waals surface area contributed by atoms with E-state index in [4.69, 9.17) is 4.74 Å². The third-order valence-corrected chi connectivity index (χ3v) is 16.0. The van der Waals surface area contributed by atoms with Gasteiger partial charge in [0.15, 0.2) is 0 Å². The normalized spacial score (nSPS) is 13.9. The molecular weight excluding hydrogens is 871 g/mol. The van der Waals surface area contributed by atoms with Gasteiger partial charge in [0.2, 0.25) is 0 Å². The van der Waals surface area contributed by atoms with Crippen LogP contribution in [0.5, 0.6) is 11.5 Å². The third-order valence-electron chi connectivity index (χ3n) is 16.0. The molecule has 1 heterocycles. The highest BCUT2D eigenvalue weighted by atomic mass is 16.5. The van der Waals surface area contributed by atoms with Gasteiger partial charge in [-0.15, -0.1) is 0 Å². The van der Waals surface area contributed by atoms with E-state index in [2.05, 4.69) is 278 Å². The molecule has 0 saturated heterocycles. The van der Waals surface area contributed by atoms with E-state index in [0.29, 0.717) is 0 Å². The number of rotatable bonds is 6. The summed E-state index contributed by atoms with van der Waals surface area (Å²) in [5, 5.41) is 4.56. The Labute approximate surface area is 419 Å². The standard InChI is InChI=1S/C70H45NO/c1-3-22-49(23-4-1)69(58-32-14-11-28-55(58)56-29-12-15-33-59(56)69)61-35-17-18-37-65(61)71(50-24-5-2-6-25-50)51-42-38-48(39-43-51)52-31-19-36-62-66(52)57-30-13-16-34-60(57)70(62)63-44-40-46-20-7-9-26-53(46)67(63)72-68-54-27-10-8-21-47(54)41-45-64(68)70/h1-45H. The van der Waals surface area contributed by atoms with Gasteiger partial charge in [-0.1, -0.05) is 243 Å². The molecule has 2 aliphatic carbocycles. The molecule has 12 aromatic carbocycles. The van der Waals surface area contributed by atoms with E-state index in [9.17, 15) is 0 Å². The lowest BCUT2D eigenvalue weighted by Gasteiger charge is -2.40. The van der Waals surface area contributed by atoms with Crippen LogP contribution in [0.2, 0.25) is 0 Å². The first kappa shape index (κ1) is 40.6. The van der Waals surface area contributed by atoms with Crippen molar-refractivity contribution in [2.24, 2.45) is 0 Å². The smallest absolute Gasteiger partial charge is 0.140 e. The second-order valence-electron chi connectivity index (χ2n) is 19.4. The molecule has 0 radical (unpaired) electrons. The summed E-state index contributed by atoms with van der Waals surface area (Å²) in [6.45, 7) is 0. The summed E-state index contributed by atoms with van der Waals surface area (Å²) >= 11 is 0. The summed E-state index contributed by atoms with van der Waals surface area (Å²) in [5.41, 5.74) is 19.4. The topological polar surface area (TPSA) is 12.5 Å². The van der Waals surface area contributed by atoms with E-state index in [1.165, 1.54) is 72.3 Å². The van der Waals surface area contributed by atoms with Gasteiger partial charge in [0.1, 0.15) is 11.5 Å². The Morgan fingerprint density at radius 2 is 0.736 bits per heavy atom. The van der Waals surface area contributed by atoms with Crippen LogP contribution < -0.4 is 9.64 Å². The lowest BCUT2D eigenvalue weighted by Crippen LogP contribution is -2.32. The van der Waals surface area contributed by atoms with Gasteiger partial charge in [-0.3, -0.25) is 0 Å². The van der Waals surface area contributed by atoms with Crippen molar-refractivity contribution in [3.63, 3.8) is 0 Å². The van der Waals surface area contributed by atoms with Gasteiger partial charge < -0.3 is 9.64 Å². The first-order chi connectivity index (χ1) is 35.7. The van der Waals surface area contributed by atoms with E-state index in [1.54, 1.807) is 0 Å². The van der Waals surface area contributed by atoms with Crippen LogP contribution in [0.15, 0.2) is 273 Å². The molecule has 0 aromatic heterocycles. The van der Waals surface area contributed by atoms with E-state index in [0.717, 1.165) is 55.7 Å². The Kier molecular flexibility index (Phi) is 8.82. The maximum atomic E-state index is 7.25. The fourth-order valence-electron chi connectivity index (χ4n) is 13.2. The van der Waals surface area contributed by atoms with Crippen LogP contribution in [0.3, 0.4) is 0 Å². The second kappa shape index (κ2) is 15.6. The minimum Gasteiger partial charge on any atom is -0.455 e. The first-order valence-electron chi connectivity index (χ1n) is 25.0. The number of benzene rings is 12. The predicted molar refractivity (Wildman–Crippen MR) is 296 cm³/mol. The van der Waals surface area contributed by atoms with Crippen LogP contribution in [-0.2, 0) is 10.8 Å². The second-order valence-corrected chi connectivity index (χ2v) is 19.4. The summed E-state index contributed by atoms with van der Waals surface area (Å²) in [6.07, 6.45) is 0. The zero-order valence-corrected chi connectivity index (χ0v) is 39.3. The van der Waals surface area contributed by atoms with E-state index in [1.807, 2.05) is 0 Å². The molecule has 72 heavy (non-hydrogen) atoms. The molecule has 12 aromatic rings. The fourth-order valence-corrected chi connectivity index (χ4v) is 13.2. The molecule has 2 nitrogen and oxygen atoms in total. The third kappa shape index (κ3) is 5.49. The van der Waals surface area contributed by atoms with Crippen molar-refractivity contribution in [3.8, 4) is 44.9 Å². The molecule has 0 atom stereocenters. The molecule has 0 fully saturated rings. The Balaban J connectivity index is 0.937. The van der Waals surface area contributed by atoms with Crippen molar-refractivity contribution in [1.29, 1.82) is 0 Å². The largest absolute Gasteiger partial charge is 0.455 e. The zero-order chi connectivity index (χ0) is 47.4. The number of nitrogens with zero attached hydrogens (tertiary/aromatic N) is 1. The molecule has 0 unspecified atom stereocenters. The predicted octanol–water partition coefficient (Wildman–Crippen LogP) is 18.0. The molecule has 1 aliphatic heterocycles. The van der Waals surface area contributed by atoms with Crippen LogP contribution in [0.1, 0.15) is 44.5 Å². The monoisotopic (exact) mass is 915 g/mol. The van der Waals surface area contributed by atoms with Crippen LogP contribution in [-0.4, -0.2) is 0 Å². The van der Waals surface area contributed by atoms with Crippen molar-refractivity contribution >= 4 is 38.6 Å². The molecule has 336 valence electrons. The number of ether oxygens (including phenoxy) is 1. The summed E-state index contributed by atoms with van der Waals surface area (Å²) in [5.74, 6) is 1.85. The van der Waals surface area contributed by atoms with Crippen molar-refractivity contribution in [2.75, 3.05) is 4.90 Å². The molecule has 1 spiro atoms. The quantitative estimate of drug-likeness (QED) is 0.165. The lowest BCUT2D eigenvalue weighted by atomic mass is 9.65. The molecule has 2 heteroatoms. The summed E-state index contributed by atoms with van der Waals surface area (Å²) in [4.78, 5) is 2.46. The van der Waals surface area contributed by atoms with Gasteiger partial charge in [0.25, 0.3) is 0 Å². The summed E-state index contributed by atoms with van der Waals surface area (Å²) in [6, 6.07) is 101. The van der Waals surface area contributed by atoms with Crippen LogP contribution in [0, 0.1) is 0 Å². The van der Waals surface area contributed by atoms with Crippen molar-refractivity contribution < 1.29 is 4.74 Å². The van der Waals surface area contributed by atoms with Gasteiger partial charge in [-0.25, -0.2) is 0 Å². The van der Waals surface area contributed by atoms with Gasteiger partial charge in [-0.05, 0) is 108 Å².